The zero-order chi connectivity index (χ0) is 8.15. The summed E-state index contributed by atoms with van der Waals surface area (Å²) in [6.07, 6.45) is 0.0908. The van der Waals surface area contributed by atoms with E-state index in [4.69, 9.17) is 22.3 Å². The minimum atomic E-state index is -0.671. The highest BCUT2D eigenvalue weighted by molar-refractivity contribution is 4.81. The first-order valence-electron chi connectivity index (χ1n) is 3.52. The van der Waals surface area contributed by atoms with Gasteiger partial charge in [0.2, 0.25) is 0 Å². The van der Waals surface area contributed by atoms with Crippen molar-refractivity contribution in [3.05, 3.63) is 0 Å². The van der Waals surface area contributed by atoms with E-state index in [0.29, 0.717) is 0 Å². The molecule has 62 valence electrons. The molecule has 4 nitrogen and oxygen atoms in total. The Hall–Kier alpha value is -0.160. The first-order chi connectivity index (χ1) is 4.63. The van der Waals surface area contributed by atoms with E-state index < -0.39 is 12.1 Å². The maximum absolute atomic E-state index is 9.10. The summed E-state index contributed by atoms with van der Waals surface area (Å²) in [6, 6.07) is -0.548. The highest BCUT2D eigenvalue weighted by Gasteiger charge is 2.18. The molecule has 7 N–H and O–H groups in total. The molecule has 0 rings (SSSR count). The van der Waals surface area contributed by atoms with Gasteiger partial charge in [-0.3, -0.25) is 0 Å². The summed E-state index contributed by atoms with van der Waals surface area (Å²) in [5.74, 6) is 0. The maximum Gasteiger partial charge on any atom is 0.0828 e. The molecule has 0 aromatic carbocycles. The Bertz CT molecular complexity index is 79.1. The molecule has 0 bridgehead atoms. The van der Waals surface area contributed by atoms with Crippen molar-refractivity contribution in [2.75, 3.05) is 6.54 Å². The van der Waals surface area contributed by atoms with Gasteiger partial charge < -0.3 is 22.3 Å². The second kappa shape index (κ2) is 4.62. The van der Waals surface area contributed by atoms with E-state index in [2.05, 4.69) is 0 Å². The van der Waals surface area contributed by atoms with E-state index in [1.54, 1.807) is 0 Å². The van der Waals surface area contributed by atoms with Gasteiger partial charge in [-0.25, -0.2) is 0 Å². The molecule has 0 aromatic heterocycles. The summed E-state index contributed by atoms with van der Waals surface area (Å²) >= 11 is 0. The van der Waals surface area contributed by atoms with E-state index in [9.17, 15) is 0 Å². The lowest BCUT2D eigenvalue weighted by atomic mass is 10.0. The second-order valence-corrected chi connectivity index (χ2v) is 2.45. The molecule has 0 spiro atoms. The Balaban J connectivity index is 3.69. The van der Waals surface area contributed by atoms with E-state index in [1.165, 1.54) is 0 Å². The van der Waals surface area contributed by atoms with Crippen LogP contribution in [0.25, 0.3) is 0 Å². The van der Waals surface area contributed by atoms with Crippen molar-refractivity contribution in [2.24, 2.45) is 17.2 Å². The van der Waals surface area contributed by atoms with Crippen molar-refractivity contribution in [1.82, 2.24) is 0 Å². The lowest BCUT2D eigenvalue weighted by molar-refractivity contribution is 0.139. The van der Waals surface area contributed by atoms with Gasteiger partial charge in [-0.05, 0) is 6.42 Å². The van der Waals surface area contributed by atoms with E-state index in [0.717, 1.165) is 6.42 Å². The fourth-order valence-corrected chi connectivity index (χ4v) is 0.715. The lowest BCUT2D eigenvalue weighted by Gasteiger charge is -2.22. The van der Waals surface area contributed by atoms with E-state index >= 15 is 0 Å². The van der Waals surface area contributed by atoms with Gasteiger partial charge in [-0.1, -0.05) is 6.92 Å². The molecule has 0 aromatic rings. The highest BCUT2D eigenvalue weighted by atomic mass is 16.3. The molecular formula is C6H17N3O. The van der Waals surface area contributed by atoms with Crippen LogP contribution < -0.4 is 17.2 Å². The van der Waals surface area contributed by atoms with Crippen LogP contribution in [0.15, 0.2) is 0 Å². The predicted octanol–water partition coefficient (Wildman–Crippen LogP) is -1.63. The molecule has 3 atom stereocenters. The minimum Gasteiger partial charge on any atom is -0.390 e. The number of hydrogen-bond donors (Lipinski definition) is 4. The average molecular weight is 147 g/mol. The van der Waals surface area contributed by atoms with Gasteiger partial charge in [0.05, 0.1) is 6.10 Å². The molecule has 3 unspecified atom stereocenters. The van der Waals surface area contributed by atoms with Crippen LogP contribution in [0.1, 0.15) is 13.3 Å². The molecular weight excluding hydrogens is 130 g/mol. The summed E-state index contributed by atoms with van der Waals surface area (Å²) in [5, 5.41) is 9.10. The maximum atomic E-state index is 9.10. The average Bonchev–Trinajstić information content (AvgIpc) is 2.00. The van der Waals surface area contributed by atoms with Gasteiger partial charge in [0.1, 0.15) is 0 Å². The quantitative estimate of drug-likeness (QED) is 0.384. The number of rotatable bonds is 4. The summed E-state index contributed by atoms with van der Waals surface area (Å²) in [7, 11) is 0. The van der Waals surface area contributed by atoms with Crippen LogP contribution in [-0.4, -0.2) is 29.8 Å². The van der Waals surface area contributed by atoms with Gasteiger partial charge in [-0.2, -0.15) is 0 Å². The first kappa shape index (κ1) is 9.84. The fraction of sp³-hybridized carbons (Fsp3) is 1.00. The van der Waals surface area contributed by atoms with Crippen LogP contribution in [-0.2, 0) is 0 Å². The zero-order valence-electron chi connectivity index (χ0n) is 6.33. The molecule has 0 aliphatic rings. The Morgan fingerprint density at radius 3 is 2.20 bits per heavy atom. The molecule has 0 aliphatic heterocycles. The topological polar surface area (TPSA) is 98.3 Å². The summed E-state index contributed by atoms with van der Waals surface area (Å²) in [5.41, 5.74) is 16.3. The third-order valence-corrected chi connectivity index (χ3v) is 1.65. The normalized spacial score (nSPS) is 20.1. The molecule has 0 fully saturated rings. The van der Waals surface area contributed by atoms with Gasteiger partial charge >= 0.3 is 0 Å². The Kier molecular flexibility index (Phi) is 4.55. The van der Waals surface area contributed by atoms with Gasteiger partial charge in [0, 0.05) is 18.6 Å². The molecule has 0 amide bonds. The third-order valence-electron chi connectivity index (χ3n) is 1.65. The zero-order valence-corrected chi connectivity index (χ0v) is 6.33. The van der Waals surface area contributed by atoms with Crippen molar-refractivity contribution in [3.8, 4) is 0 Å². The van der Waals surface area contributed by atoms with Crippen LogP contribution in [0, 0.1) is 0 Å². The van der Waals surface area contributed by atoms with Crippen LogP contribution in [0.3, 0.4) is 0 Å². The monoisotopic (exact) mass is 147 g/mol. The molecule has 4 heteroatoms. The smallest absolute Gasteiger partial charge is 0.0828 e. The standard InChI is InChI=1S/C6H17N3O/c1-2-4(8)6(9)5(10)3-7/h4-6,10H,2-3,7-9H2,1H3. The van der Waals surface area contributed by atoms with E-state index in [-0.39, 0.29) is 12.6 Å². The largest absolute Gasteiger partial charge is 0.390 e. The number of aliphatic hydroxyl groups excluding tert-OH is 1. The number of nitrogens with two attached hydrogens (primary N) is 3. The van der Waals surface area contributed by atoms with Gasteiger partial charge in [0.25, 0.3) is 0 Å². The Labute approximate surface area is 61.4 Å². The Morgan fingerprint density at radius 2 is 1.90 bits per heavy atom. The molecule has 0 aliphatic carbocycles. The summed E-state index contributed by atoms with van der Waals surface area (Å²) < 4.78 is 0. The highest BCUT2D eigenvalue weighted by Crippen LogP contribution is 1.96. The summed E-state index contributed by atoms with van der Waals surface area (Å²) in [4.78, 5) is 0. The van der Waals surface area contributed by atoms with Crippen LogP contribution in [0.2, 0.25) is 0 Å². The van der Waals surface area contributed by atoms with E-state index in [1.807, 2.05) is 6.92 Å². The molecule has 10 heavy (non-hydrogen) atoms. The van der Waals surface area contributed by atoms with Crippen LogP contribution in [0.4, 0.5) is 0 Å². The molecule has 0 radical (unpaired) electrons. The van der Waals surface area contributed by atoms with Crippen molar-refractivity contribution < 1.29 is 5.11 Å². The van der Waals surface area contributed by atoms with Crippen LogP contribution >= 0.6 is 0 Å². The number of hydrogen-bond acceptors (Lipinski definition) is 4. The molecule has 0 saturated carbocycles. The molecule has 0 heterocycles. The third kappa shape index (κ3) is 2.62. The minimum absolute atomic E-state index is 0.154. The SMILES string of the molecule is CCC(N)C(N)C(O)CN. The van der Waals surface area contributed by atoms with Crippen LogP contribution in [0.5, 0.6) is 0 Å². The lowest BCUT2D eigenvalue weighted by Crippen LogP contribution is -2.51. The number of aliphatic hydroxyl groups is 1. The van der Waals surface area contributed by atoms with Crippen molar-refractivity contribution >= 4 is 0 Å². The van der Waals surface area contributed by atoms with Gasteiger partial charge in [0.15, 0.2) is 0 Å². The van der Waals surface area contributed by atoms with Crippen molar-refractivity contribution in [1.29, 1.82) is 0 Å². The first-order valence-corrected chi connectivity index (χ1v) is 3.52. The summed E-state index contributed by atoms with van der Waals surface area (Å²) in [6.45, 7) is 2.10. The fourth-order valence-electron chi connectivity index (χ4n) is 0.715. The molecule has 0 saturated heterocycles. The Morgan fingerprint density at radius 1 is 1.40 bits per heavy atom. The second-order valence-electron chi connectivity index (χ2n) is 2.45. The predicted molar refractivity (Wildman–Crippen MR) is 41.3 cm³/mol. The van der Waals surface area contributed by atoms with Gasteiger partial charge in [-0.15, -0.1) is 0 Å². The van der Waals surface area contributed by atoms with Crippen molar-refractivity contribution in [2.45, 2.75) is 31.5 Å². The van der Waals surface area contributed by atoms with Crippen molar-refractivity contribution in [3.63, 3.8) is 0 Å².